The van der Waals surface area contributed by atoms with Crippen molar-refractivity contribution < 1.29 is 19.7 Å². The molecule has 1 heterocycles. The van der Waals surface area contributed by atoms with Gasteiger partial charge in [0.1, 0.15) is 17.1 Å². The van der Waals surface area contributed by atoms with Gasteiger partial charge in [-0.25, -0.2) is 4.68 Å². The molecule has 2 rings (SSSR count). The lowest BCUT2D eigenvalue weighted by atomic mass is 9.90. The van der Waals surface area contributed by atoms with Gasteiger partial charge in [0, 0.05) is 23.0 Å². The largest absolute Gasteiger partial charge is 0.506 e. The third-order valence-electron chi connectivity index (χ3n) is 4.34. The number of aromatic nitrogens is 2. The number of nitro benzene ring substituents is 2. The first-order chi connectivity index (χ1) is 13.6. The lowest BCUT2D eigenvalue weighted by molar-refractivity contribution is -0.394. The van der Waals surface area contributed by atoms with Crippen LogP contribution in [0.25, 0.3) is 11.4 Å². The molecule has 0 fully saturated rings. The highest BCUT2D eigenvalue weighted by Crippen LogP contribution is 2.32. The highest BCUT2D eigenvalue weighted by molar-refractivity contribution is 5.98. The Labute approximate surface area is 173 Å². The Morgan fingerprint density at radius 1 is 1.07 bits per heavy atom. The van der Waals surface area contributed by atoms with Gasteiger partial charge in [-0.05, 0) is 12.1 Å². The van der Waals surface area contributed by atoms with Crippen LogP contribution in [-0.4, -0.2) is 30.5 Å². The summed E-state index contributed by atoms with van der Waals surface area (Å²) in [6, 6.07) is 4.68. The maximum Gasteiger partial charge on any atom is 0.301 e. The molecule has 0 saturated heterocycles. The zero-order chi connectivity index (χ0) is 23.0. The van der Waals surface area contributed by atoms with Gasteiger partial charge in [-0.1, -0.05) is 41.5 Å². The van der Waals surface area contributed by atoms with Crippen molar-refractivity contribution >= 4 is 22.9 Å². The summed E-state index contributed by atoms with van der Waals surface area (Å²) in [6.45, 7) is 10.7. The van der Waals surface area contributed by atoms with E-state index in [1.807, 2.05) is 20.8 Å². The molecular weight excluding hydrogens is 392 g/mol. The molecule has 160 valence electrons. The summed E-state index contributed by atoms with van der Waals surface area (Å²) in [7, 11) is 0. The number of carbonyl (C=O) groups is 1. The Hall–Kier alpha value is -3.56. The number of hydrogen-bond donors (Lipinski definition) is 1. The fraction of sp³-hybridized carbons (Fsp3) is 0.400. The van der Waals surface area contributed by atoms with Crippen LogP contribution in [0.15, 0.2) is 30.3 Å². The molecule has 1 N–H and O–H groups in total. The number of nitrogens with zero attached hydrogens (tertiary/aromatic N) is 4. The molecule has 0 spiro atoms. The van der Waals surface area contributed by atoms with E-state index in [4.69, 9.17) is 0 Å². The summed E-state index contributed by atoms with van der Waals surface area (Å²) in [5, 5.41) is 37.6. The van der Waals surface area contributed by atoms with Crippen LogP contribution >= 0.6 is 0 Å². The van der Waals surface area contributed by atoms with Crippen LogP contribution in [-0.2, 0) is 10.2 Å². The normalized spacial score (nSPS) is 12.7. The molecule has 0 unspecified atom stereocenters. The van der Waals surface area contributed by atoms with Crippen molar-refractivity contribution in [2.45, 2.75) is 47.0 Å². The molecule has 0 amide bonds. The van der Waals surface area contributed by atoms with E-state index in [9.17, 15) is 30.1 Å². The number of hydrogen-bond acceptors (Lipinski definition) is 7. The Balaban J connectivity index is 2.79. The van der Waals surface area contributed by atoms with Crippen molar-refractivity contribution in [3.05, 3.63) is 62.0 Å². The van der Waals surface area contributed by atoms with E-state index >= 15 is 0 Å². The van der Waals surface area contributed by atoms with Crippen molar-refractivity contribution in [3.8, 4) is 5.69 Å². The predicted molar refractivity (Wildman–Crippen MR) is 111 cm³/mol. The van der Waals surface area contributed by atoms with E-state index in [2.05, 4.69) is 5.10 Å². The van der Waals surface area contributed by atoms with E-state index in [1.54, 1.807) is 20.8 Å². The zero-order valence-electron chi connectivity index (χ0n) is 17.7. The van der Waals surface area contributed by atoms with Gasteiger partial charge < -0.3 is 5.11 Å². The first-order valence-electron chi connectivity index (χ1n) is 9.12. The number of benzene rings is 1. The molecule has 0 bridgehead atoms. The number of aliphatic hydroxyl groups excluding tert-OH is 1. The van der Waals surface area contributed by atoms with Crippen molar-refractivity contribution in [2.75, 3.05) is 0 Å². The van der Waals surface area contributed by atoms with E-state index < -0.39 is 37.8 Å². The number of carbonyl (C=O) groups excluding carboxylic acids is 1. The zero-order valence-corrected chi connectivity index (χ0v) is 17.7. The van der Waals surface area contributed by atoms with Gasteiger partial charge in [-0.3, -0.25) is 25.0 Å². The fourth-order valence-corrected chi connectivity index (χ4v) is 2.48. The Morgan fingerprint density at radius 2 is 1.67 bits per heavy atom. The van der Waals surface area contributed by atoms with Gasteiger partial charge in [0.05, 0.1) is 21.6 Å². The van der Waals surface area contributed by atoms with Gasteiger partial charge in [0.15, 0.2) is 5.78 Å². The SMILES string of the molecule is CC(C)(C)C(=O)C=C(O)c1cc(C(C)(C)C)nn1-c1ccc([N+](=O)[O-])cc1[N+](=O)[O-]. The third-order valence-corrected chi connectivity index (χ3v) is 4.34. The second-order valence-electron chi connectivity index (χ2n) is 8.91. The first-order valence-corrected chi connectivity index (χ1v) is 9.12. The first kappa shape index (κ1) is 22.7. The maximum atomic E-state index is 12.3. The number of rotatable bonds is 5. The summed E-state index contributed by atoms with van der Waals surface area (Å²) >= 11 is 0. The molecule has 0 aliphatic carbocycles. The van der Waals surface area contributed by atoms with Gasteiger partial charge >= 0.3 is 5.69 Å². The quantitative estimate of drug-likeness (QED) is 0.327. The Bertz CT molecular complexity index is 1050. The summed E-state index contributed by atoms with van der Waals surface area (Å²) < 4.78 is 1.13. The van der Waals surface area contributed by atoms with Gasteiger partial charge in [0.25, 0.3) is 5.69 Å². The number of ketones is 1. The molecule has 10 heteroatoms. The number of aliphatic hydroxyl groups is 1. The summed E-state index contributed by atoms with van der Waals surface area (Å²) in [5.74, 6) is -0.756. The molecule has 0 saturated carbocycles. The van der Waals surface area contributed by atoms with Crippen molar-refractivity contribution in [3.63, 3.8) is 0 Å². The van der Waals surface area contributed by atoms with Crippen molar-refractivity contribution in [1.82, 2.24) is 9.78 Å². The molecule has 0 atom stereocenters. The summed E-state index contributed by atoms with van der Waals surface area (Å²) in [4.78, 5) is 33.4. The van der Waals surface area contributed by atoms with Crippen LogP contribution in [0.3, 0.4) is 0 Å². The molecule has 0 radical (unpaired) electrons. The van der Waals surface area contributed by atoms with E-state index in [1.165, 1.54) is 12.1 Å². The van der Waals surface area contributed by atoms with Crippen LogP contribution < -0.4 is 0 Å². The fourth-order valence-electron chi connectivity index (χ4n) is 2.48. The number of nitro groups is 2. The Kier molecular flexibility index (Phi) is 5.83. The highest BCUT2D eigenvalue weighted by Gasteiger charge is 2.28. The lowest BCUT2D eigenvalue weighted by Gasteiger charge is -2.14. The van der Waals surface area contributed by atoms with Crippen LogP contribution in [0, 0.1) is 25.6 Å². The number of non-ortho nitro benzene ring substituents is 1. The van der Waals surface area contributed by atoms with Gasteiger partial charge in [0.2, 0.25) is 0 Å². The highest BCUT2D eigenvalue weighted by atomic mass is 16.6. The topological polar surface area (TPSA) is 141 Å². The molecular formula is C20H24N4O6. The van der Waals surface area contributed by atoms with Crippen molar-refractivity contribution in [1.29, 1.82) is 0 Å². The second-order valence-corrected chi connectivity index (χ2v) is 8.91. The van der Waals surface area contributed by atoms with E-state index in [0.717, 1.165) is 22.9 Å². The van der Waals surface area contributed by atoms with Crippen molar-refractivity contribution in [2.24, 2.45) is 5.41 Å². The smallest absolute Gasteiger partial charge is 0.301 e. The standard InChI is InChI=1S/C20H24N4O6/c1-19(2,3)17-10-15(16(25)11-18(26)20(4,5)6)22(21-17)13-8-7-12(23(27)28)9-14(13)24(29)30/h7-11,25H,1-6H3. The van der Waals surface area contributed by atoms with Crippen LogP contribution in [0.1, 0.15) is 52.9 Å². The van der Waals surface area contributed by atoms with Gasteiger partial charge in [-0.2, -0.15) is 5.10 Å². The van der Waals surface area contributed by atoms with Crippen LogP contribution in [0.5, 0.6) is 0 Å². The Morgan fingerprint density at radius 3 is 2.13 bits per heavy atom. The van der Waals surface area contributed by atoms with Gasteiger partial charge in [-0.15, -0.1) is 0 Å². The minimum Gasteiger partial charge on any atom is -0.506 e. The minimum atomic E-state index is -0.758. The summed E-state index contributed by atoms with van der Waals surface area (Å²) in [6.07, 6.45) is 1.05. The minimum absolute atomic E-state index is 0.0643. The average molecular weight is 416 g/mol. The molecule has 30 heavy (non-hydrogen) atoms. The second kappa shape index (κ2) is 7.69. The summed E-state index contributed by atoms with van der Waals surface area (Å²) in [5.41, 5.74) is -1.71. The lowest BCUT2D eigenvalue weighted by Crippen LogP contribution is -2.18. The van der Waals surface area contributed by atoms with Crippen LogP contribution in [0.4, 0.5) is 11.4 Å². The molecule has 0 aliphatic heterocycles. The number of allylic oxidation sites excluding steroid dienone is 1. The predicted octanol–water partition coefficient (Wildman–Crippen LogP) is 4.50. The monoisotopic (exact) mass is 416 g/mol. The molecule has 0 aliphatic rings. The average Bonchev–Trinajstić information content (AvgIpc) is 3.05. The third kappa shape index (κ3) is 4.70. The van der Waals surface area contributed by atoms with E-state index in [-0.39, 0.29) is 17.2 Å². The van der Waals surface area contributed by atoms with Crippen LogP contribution in [0.2, 0.25) is 0 Å². The molecule has 10 nitrogen and oxygen atoms in total. The molecule has 1 aromatic heterocycles. The molecule has 2 aromatic rings. The van der Waals surface area contributed by atoms with E-state index in [0.29, 0.717) is 5.69 Å². The molecule has 1 aromatic carbocycles. The maximum absolute atomic E-state index is 12.3.